The number of hydrogen-bond donors (Lipinski definition) is 3. The Hall–Kier alpha value is -2.76. The van der Waals surface area contributed by atoms with Crippen LogP contribution in [-0.4, -0.2) is 54.4 Å². The number of nitrogens with zero attached hydrogens (tertiary/aromatic N) is 6. The summed E-state index contributed by atoms with van der Waals surface area (Å²) in [6.07, 6.45) is -1.02. The lowest BCUT2D eigenvalue weighted by Gasteiger charge is -2.22. The van der Waals surface area contributed by atoms with Gasteiger partial charge in [0.25, 0.3) is 11.9 Å². The Kier molecular flexibility index (Phi) is 4.55. The highest BCUT2D eigenvalue weighted by atomic mass is 32.1. The first kappa shape index (κ1) is 16.1. The molecule has 3 aromatic heterocycles. The molecule has 0 bridgehead atoms. The molecule has 3 rings (SSSR count). The Balaban J connectivity index is 1.92. The number of aromatic amines is 1. The number of pyridine rings is 1. The molecular weight excluding hydrogens is 332 g/mol. The van der Waals surface area contributed by atoms with Crippen LogP contribution >= 0.6 is 11.3 Å². The van der Waals surface area contributed by atoms with Crippen LogP contribution in [0.15, 0.2) is 23.6 Å². The van der Waals surface area contributed by atoms with Gasteiger partial charge in [0.05, 0.1) is 12.3 Å². The van der Waals surface area contributed by atoms with E-state index in [1.165, 1.54) is 11.3 Å². The second kappa shape index (κ2) is 6.78. The molecule has 11 heteroatoms. The van der Waals surface area contributed by atoms with E-state index < -0.39 is 18.7 Å². The standard InChI is InChI=1S/C13H14N8O2S/c1-7-3-2-4-8(15-7)11-16-9(6-24-11)12(23)21(10(14)5-22)13-17-19-20-18-13/h2-4,6,10,22H,5,14H2,1H3,(H,17,18,19,20). The van der Waals surface area contributed by atoms with E-state index in [1.54, 1.807) is 5.38 Å². The molecule has 0 saturated carbocycles. The van der Waals surface area contributed by atoms with Crippen LogP contribution in [0.2, 0.25) is 0 Å². The highest BCUT2D eigenvalue weighted by molar-refractivity contribution is 7.13. The number of H-pyrrole nitrogens is 1. The maximum absolute atomic E-state index is 12.7. The number of carbonyl (C=O) groups is 1. The quantitative estimate of drug-likeness (QED) is 0.545. The Bertz CT molecular complexity index is 834. The van der Waals surface area contributed by atoms with E-state index in [4.69, 9.17) is 5.73 Å². The Morgan fingerprint density at radius 3 is 2.96 bits per heavy atom. The minimum Gasteiger partial charge on any atom is -0.393 e. The first-order valence-electron chi connectivity index (χ1n) is 6.93. The van der Waals surface area contributed by atoms with Gasteiger partial charge in [0, 0.05) is 11.1 Å². The van der Waals surface area contributed by atoms with E-state index in [1.807, 2.05) is 25.1 Å². The van der Waals surface area contributed by atoms with Crippen LogP contribution in [0.25, 0.3) is 10.7 Å². The number of anilines is 1. The number of aromatic nitrogens is 6. The SMILES string of the molecule is Cc1cccc(-c2nc(C(=O)N(c3nn[nH]n3)C(N)CO)cs2)n1. The summed E-state index contributed by atoms with van der Waals surface area (Å²) in [7, 11) is 0. The molecule has 1 unspecified atom stereocenters. The zero-order valence-electron chi connectivity index (χ0n) is 12.6. The van der Waals surface area contributed by atoms with Crippen molar-refractivity contribution in [3.8, 4) is 10.7 Å². The molecule has 124 valence electrons. The fraction of sp³-hybridized carbons (Fsp3) is 0.231. The molecule has 0 aliphatic rings. The lowest BCUT2D eigenvalue weighted by Crippen LogP contribution is -2.49. The Morgan fingerprint density at radius 1 is 1.46 bits per heavy atom. The van der Waals surface area contributed by atoms with E-state index in [0.29, 0.717) is 10.7 Å². The molecule has 0 fully saturated rings. The number of rotatable bonds is 5. The van der Waals surface area contributed by atoms with Crippen LogP contribution in [0.3, 0.4) is 0 Å². The van der Waals surface area contributed by atoms with Gasteiger partial charge in [-0.1, -0.05) is 11.2 Å². The fourth-order valence-corrected chi connectivity index (χ4v) is 2.77. The second-order valence-corrected chi connectivity index (χ2v) is 5.70. The number of carbonyl (C=O) groups excluding carboxylic acids is 1. The number of aryl methyl sites for hydroxylation is 1. The third-order valence-electron chi connectivity index (χ3n) is 3.12. The fourth-order valence-electron chi connectivity index (χ4n) is 2.01. The van der Waals surface area contributed by atoms with Gasteiger partial charge in [0.15, 0.2) is 0 Å². The van der Waals surface area contributed by atoms with Crippen molar-refractivity contribution in [3.05, 3.63) is 35.0 Å². The topological polar surface area (TPSA) is 147 Å². The summed E-state index contributed by atoms with van der Waals surface area (Å²) in [6.45, 7) is 1.41. The first-order chi connectivity index (χ1) is 11.6. The first-order valence-corrected chi connectivity index (χ1v) is 7.81. The number of thiazole rings is 1. The molecular formula is C13H14N8O2S. The van der Waals surface area contributed by atoms with E-state index in [9.17, 15) is 9.90 Å². The minimum atomic E-state index is -1.02. The molecule has 0 radical (unpaired) electrons. The smallest absolute Gasteiger partial charge is 0.281 e. The van der Waals surface area contributed by atoms with Crippen molar-refractivity contribution in [2.75, 3.05) is 11.5 Å². The zero-order valence-corrected chi connectivity index (χ0v) is 13.4. The van der Waals surface area contributed by atoms with E-state index in [0.717, 1.165) is 10.6 Å². The maximum Gasteiger partial charge on any atom is 0.281 e. The highest BCUT2D eigenvalue weighted by Crippen LogP contribution is 2.23. The van der Waals surface area contributed by atoms with Crippen LogP contribution in [0.5, 0.6) is 0 Å². The van der Waals surface area contributed by atoms with Crippen molar-refractivity contribution in [1.82, 2.24) is 30.6 Å². The molecule has 0 saturated heterocycles. The summed E-state index contributed by atoms with van der Waals surface area (Å²) < 4.78 is 0. The van der Waals surface area contributed by atoms with Gasteiger partial charge in [-0.3, -0.25) is 14.7 Å². The van der Waals surface area contributed by atoms with E-state index in [2.05, 4.69) is 30.6 Å². The number of hydrogen-bond acceptors (Lipinski definition) is 9. The predicted octanol–water partition coefficient (Wildman–Crippen LogP) is -0.0495. The van der Waals surface area contributed by atoms with Crippen molar-refractivity contribution >= 4 is 23.2 Å². The summed E-state index contributed by atoms with van der Waals surface area (Å²) >= 11 is 1.28. The normalized spacial score (nSPS) is 12.1. The van der Waals surface area contributed by atoms with Crippen molar-refractivity contribution in [3.63, 3.8) is 0 Å². The number of nitrogens with one attached hydrogen (secondary N) is 1. The van der Waals surface area contributed by atoms with Gasteiger partial charge < -0.3 is 10.8 Å². The van der Waals surface area contributed by atoms with Crippen LogP contribution in [0.4, 0.5) is 5.95 Å². The third-order valence-corrected chi connectivity index (χ3v) is 3.98. The molecule has 1 atom stereocenters. The summed E-state index contributed by atoms with van der Waals surface area (Å²) in [6, 6.07) is 5.56. The van der Waals surface area contributed by atoms with Crippen molar-refractivity contribution in [2.24, 2.45) is 5.73 Å². The molecule has 0 aliphatic heterocycles. The predicted molar refractivity (Wildman–Crippen MR) is 86.1 cm³/mol. The summed E-state index contributed by atoms with van der Waals surface area (Å²) in [5.74, 6) is -0.571. The monoisotopic (exact) mass is 346 g/mol. The number of tetrazole rings is 1. The number of aliphatic hydroxyl groups excluding tert-OH is 1. The van der Waals surface area contributed by atoms with Gasteiger partial charge in [-0.25, -0.2) is 4.98 Å². The molecule has 0 aliphatic carbocycles. The lowest BCUT2D eigenvalue weighted by atomic mass is 10.3. The highest BCUT2D eigenvalue weighted by Gasteiger charge is 2.28. The molecule has 1 amide bonds. The average molecular weight is 346 g/mol. The van der Waals surface area contributed by atoms with Gasteiger partial charge in [-0.05, 0) is 24.3 Å². The third kappa shape index (κ3) is 3.13. The van der Waals surface area contributed by atoms with Crippen LogP contribution in [0, 0.1) is 6.92 Å². The van der Waals surface area contributed by atoms with Crippen molar-refractivity contribution in [2.45, 2.75) is 13.1 Å². The lowest BCUT2D eigenvalue weighted by molar-refractivity contribution is 0.0958. The molecule has 4 N–H and O–H groups in total. The van der Waals surface area contributed by atoms with Crippen LogP contribution in [0.1, 0.15) is 16.2 Å². The number of nitrogens with two attached hydrogens (primary N) is 1. The molecule has 10 nitrogen and oxygen atoms in total. The van der Waals surface area contributed by atoms with Gasteiger partial charge >= 0.3 is 0 Å². The zero-order chi connectivity index (χ0) is 17.1. The minimum absolute atomic E-state index is 0.0372. The van der Waals surface area contributed by atoms with Gasteiger partial charge in [-0.15, -0.1) is 16.4 Å². The Labute approximate surface area is 140 Å². The molecule has 0 spiro atoms. The number of amides is 1. The van der Waals surface area contributed by atoms with Crippen LogP contribution in [-0.2, 0) is 0 Å². The van der Waals surface area contributed by atoms with Crippen LogP contribution < -0.4 is 10.6 Å². The van der Waals surface area contributed by atoms with Gasteiger partial charge in [-0.2, -0.15) is 5.21 Å². The Morgan fingerprint density at radius 2 is 2.29 bits per heavy atom. The van der Waals surface area contributed by atoms with Gasteiger partial charge in [0.2, 0.25) is 0 Å². The van der Waals surface area contributed by atoms with Gasteiger partial charge in [0.1, 0.15) is 16.9 Å². The van der Waals surface area contributed by atoms with E-state index >= 15 is 0 Å². The average Bonchev–Trinajstić information content (AvgIpc) is 3.26. The van der Waals surface area contributed by atoms with Crippen molar-refractivity contribution < 1.29 is 9.90 Å². The summed E-state index contributed by atoms with van der Waals surface area (Å²) in [5.41, 5.74) is 7.47. The summed E-state index contributed by atoms with van der Waals surface area (Å²) in [5, 5.41) is 24.6. The molecule has 3 heterocycles. The van der Waals surface area contributed by atoms with Crippen molar-refractivity contribution in [1.29, 1.82) is 0 Å². The summed E-state index contributed by atoms with van der Waals surface area (Å²) in [4.78, 5) is 22.4. The molecule has 24 heavy (non-hydrogen) atoms. The molecule has 3 aromatic rings. The largest absolute Gasteiger partial charge is 0.393 e. The number of aliphatic hydroxyl groups is 1. The van der Waals surface area contributed by atoms with E-state index in [-0.39, 0.29) is 11.6 Å². The molecule has 0 aromatic carbocycles. The maximum atomic E-state index is 12.7. The second-order valence-electron chi connectivity index (χ2n) is 4.84.